The van der Waals surface area contributed by atoms with E-state index in [1.54, 1.807) is 16.8 Å². The van der Waals surface area contributed by atoms with Gasteiger partial charge in [-0.05, 0) is 67.4 Å². The molecule has 0 aliphatic carbocycles. The van der Waals surface area contributed by atoms with Crippen LogP contribution in [0.1, 0.15) is 21.6 Å². The van der Waals surface area contributed by atoms with Crippen molar-refractivity contribution < 1.29 is 9.18 Å². The van der Waals surface area contributed by atoms with Crippen LogP contribution >= 0.6 is 11.6 Å². The summed E-state index contributed by atoms with van der Waals surface area (Å²) in [5, 5.41) is 8.06. The monoisotopic (exact) mass is 419 g/mol. The van der Waals surface area contributed by atoms with Gasteiger partial charge in [0.15, 0.2) is 0 Å². The maximum atomic E-state index is 13.2. The van der Waals surface area contributed by atoms with Crippen LogP contribution in [0, 0.1) is 19.7 Å². The topological polar surface area (TPSA) is 46.9 Å². The fraction of sp³-hybridized carbons (Fsp3) is 0.0833. The Morgan fingerprint density at radius 2 is 1.73 bits per heavy atom. The van der Waals surface area contributed by atoms with Crippen LogP contribution in [0.4, 0.5) is 10.1 Å². The van der Waals surface area contributed by atoms with Crippen molar-refractivity contribution in [3.05, 3.63) is 100 Å². The van der Waals surface area contributed by atoms with E-state index in [0.29, 0.717) is 22.1 Å². The highest BCUT2D eigenvalue weighted by molar-refractivity contribution is 6.33. The van der Waals surface area contributed by atoms with Gasteiger partial charge in [0, 0.05) is 11.3 Å². The molecule has 0 aliphatic rings. The molecule has 4 nitrogen and oxygen atoms in total. The fourth-order valence-electron chi connectivity index (χ4n) is 3.20. The smallest absolute Gasteiger partial charge is 0.274 e. The van der Waals surface area contributed by atoms with Gasteiger partial charge in [-0.25, -0.2) is 9.07 Å². The van der Waals surface area contributed by atoms with E-state index >= 15 is 0 Å². The van der Waals surface area contributed by atoms with Crippen molar-refractivity contribution in [2.45, 2.75) is 13.8 Å². The number of hydrogen-bond donors (Lipinski definition) is 1. The number of nitrogens with one attached hydrogen (secondary N) is 1. The summed E-state index contributed by atoms with van der Waals surface area (Å²) in [4.78, 5) is 13.1. The van der Waals surface area contributed by atoms with Gasteiger partial charge in [-0.1, -0.05) is 41.9 Å². The molecule has 6 heteroatoms. The van der Waals surface area contributed by atoms with Gasteiger partial charge in [-0.2, -0.15) is 5.10 Å². The molecule has 0 bridgehead atoms. The van der Waals surface area contributed by atoms with Gasteiger partial charge in [0.05, 0.1) is 16.4 Å². The largest absolute Gasteiger partial charge is 0.321 e. The number of hydrogen-bond acceptors (Lipinski definition) is 2. The van der Waals surface area contributed by atoms with E-state index in [1.807, 2.05) is 50.2 Å². The van der Waals surface area contributed by atoms with E-state index in [1.165, 1.54) is 24.3 Å². The van der Waals surface area contributed by atoms with Crippen molar-refractivity contribution in [3.63, 3.8) is 0 Å². The van der Waals surface area contributed by atoms with Crippen LogP contribution in [0.25, 0.3) is 16.9 Å². The van der Waals surface area contributed by atoms with E-state index in [9.17, 15) is 9.18 Å². The summed E-state index contributed by atoms with van der Waals surface area (Å²) in [6, 6.07) is 20.7. The molecule has 1 aromatic heterocycles. The van der Waals surface area contributed by atoms with E-state index in [4.69, 9.17) is 16.7 Å². The molecule has 1 heterocycles. The number of benzene rings is 3. The minimum Gasteiger partial charge on any atom is -0.321 e. The quantitative estimate of drug-likeness (QED) is 0.428. The maximum absolute atomic E-state index is 13.2. The Hall–Kier alpha value is -3.44. The molecule has 3 aromatic carbocycles. The molecule has 30 heavy (non-hydrogen) atoms. The van der Waals surface area contributed by atoms with Crippen LogP contribution in [0.3, 0.4) is 0 Å². The van der Waals surface area contributed by atoms with Crippen molar-refractivity contribution in [1.29, 1.82) is 0 Å². The maximum Gasteiger partial charge on any atom is 0.274 e. The molecule has 0 fully saturated rings. The van der Waals surface area contributed by atoms with Crippen molar-refractivity contribution in [2.75, 3.05) is 5.32 Å². The number of halogens is 2. The Morgan fingerprint density at radius 3 is 2.47 bits per heavy atom. The Kier molecular flexibility index (Phi) is 5.38. The summed E-state index contributed by atoms with van der Waals surface area (Å²) < 4.78 is 14.8. The zero-order valence-electron chi connectivity index (χ0n) is 16.5. The van der Waals surface area contributed by atoms with Crippen molar-refractivity contribution in [1.82, 2.24) is 9.78 Å². The first-order valence-electron chi connectivity index (χ1n) is 9.42. The standard InChI is InChI=1S/C24H19ClFN3O/c1-15-7-8-16(2)22(13-15)29-23(24(30)27-18-11-9-17(26)10-12-18)14-21(28-29)19-5-3-4-6-20(19)25/h3-14H,1-2H3,(H,27,30). The SMILES string of the molecule is Cc1ccc(C)c(-n2nc(-c3ccccc3Cl)cc2C(=O)Nc2ccc(F)cc2)c1. The third-order valence-electron chi connectivity index (χ3n) is 4.79. The molecule has 4 aromatic rings. The fourth-order valence-corrected chi connectivity index (χ4v) is 3.44. The zero-order chi connectivity index (χ0) is 21.3. The van der Waals surface area contributed by atoms with Gasteiger partial charge in [0.2, 0.25) is 0 Å². The average molecular weight is 420 g/mol. The van der Waals surface area contributed by atoms with Gasteiger partial charge >= 0.3 is 0 Å². The van der Waals surface area contributed by atoms with Gasteiger partial charge < -0.3 is 5.32 Å². The first-order chi connectivity index (χ1) is 14.4. The van der Waals surface area contributed by atoms with Crippen LogP contribution in [-0.2, 0) is 0 Å². The number of amides is 1. The van der Waals surface area contributed by atoms with Crippen LogP contribution in [0.5, 0.6) is 0 Å². The highest BCUT2D eigenvalue weighted by Crippen LogP contribution is 2.29. The number of carbonyl (C=O) groups is 1. The number of nitrogens with zero attached hydrogens (tertiary/aromatic N) is 2. The number of aryl methyl sites for hydroxylation is 2. The summed E-state index contributed by atoms with van der Waals surface area (Å²) in [6.45, 7) is 3.95. The lowest BCUT2D eigenvalue weighted by atomic mass is 10.1. The summed E-state index contributed by atoms with van der Waals surface area (Å²) in [5.74, 6) is -0.720. The normalized spacial score (nSPS) is 10.8. The minimum absolute atomic E-state index is 0.350. The lowest BCUT2D eigenvalue weighted by Crippen LogP contribution is -2.17. The summed E-state index contributed by atoms with van der Waals surface area (Å²) in [7, 11) is 0. The average Bonchev–Trinajstić information content (AvgIpc) is 3.17. The van der Waals surface area contributed by atoms with Gasteiger partial charge in [0.25, 0.3) is 5.91 Å². The van der Waals surface area contributed by atoms with Crippen LogP contribution in [0.2, 0.25) is 5.02 Å². The molecular weight excluding hydrogens is 401 g/mol. The van der Waals surface area contributed by atoms with E-state index < -0.39 is 0 Å². The lowest BCUT2D eigenvalue weighted by Gasteiger charge is -2.11. The van der Waals surface area contributed by atoms with Crippen LogP contribution in [0.15, 0.2) is 72.8 Å². The van der Waals surface area contributed by atoms with E-state index in [0.717, 1.165) is 22.4 Å². The summed E-state index contributed by atoms with van der Waals surface area (Å²) in [6.07, 6.45) is 0. The molecule has 0 spiro atoms. The molecule has 0 saturated heterocycles. The first kappa shape index (κ1) is 19.9. The zero-order valence-corrected chi connectivity index (χ0v) is 17.2. The molecular formula is C24H19ClFN3O. The number of rotatable bonds is 4. The lowest BCUT2D eigenvalue weighted by molar-refractivity contribution is 0.101. The molecule has 0 radical (unpaired) electrons. The predicted octanol–water partition coefficient (Wildman–Crippen LogP) is 6.20. The second-order valence-electron chi connectivity index (χ2n) is 7.06. The number of carbonyl (C=O) groups excluding carboxylic acids is 1. The highest BCUT2D eigenvalue weighted by Gasteiger charge is 2.20. The molecule has 0 unspecified atom stereocenters. The molecule has 0 atom stereocenters. The predicted molar refractivity (Wildman–Crippen MR) is 118 cm³/mol. The second-order valence-corrected chi connectivity index (χ2v) is 7.46. The molecule has 4 rings (SSSR count). The minimum atomic E-state index is -0.366. The van der Waals surface area contributed by atoms with Crippen LogP contribution < -0.4 is 5.32 Å². The second kappa shape index (κ2) is 8.13. The number of aromatic nitrogens is 2. The molecule has 1 amide bonds. The molecule has 1 N–H and O–H groups in total. The van der Waals surface area contributed by atoms with Crippen LogP contribution in [-0.4, -0.2) is 15.7 Å². The number of anilines is 1. The molecule has 0 saturated carbocycles. The van der Waals surface area contributed by atoms with E-state index in [-0.39, 0.29) is 11.7 Å². The molecule has 150 valence electrons. The Morgan fingerprint density at radius 1 is 1.00 bits per heavy atom. The van der Waals surface area contributed by atoms with E-state index in [2.05, 4.69) is 5.32 Å². The van der Waals surface area contributed by atoms with Crippen molar-refractivity contribution >= 4 is 23.2 Å². The van der Waals surface area contributed by atoms with Gasteiger partial charge in [0.1, 0.15) is 11.5 Å². The Labute approximate surface area is 178 Å². The highest BCUT2D eigenvalue weighted by atomic mass is 35.5. The van der Waals surface area contributed by atoms with Gasteiger partial charge in [-0.3, -0.25) is 4.79 Å². The van der Waals surface area contributed by atoms with Gasteiger partial charge in [-0.15, -0.1) is 0 Å². The first-order valence-corrected chi connectivity index (χ1v) is 9.79. The third kappa shape index (κ3) is 3.98. The molecule has 0 aliphatic heterocycles. The Bertz CT molecular complexity index is 1230. The Balaban J connectivity index is 1.83. The summed E-state index contributed by atoms with van der Waals surface area (Å²) in [5.41, 5.74) is 5.00. The third-order valence-corrected chi connectivity index (χ3v) is 5.12. The summed E-state index contributed by atoms with van der Waals surface area (Å²) >= 11 is 6.36. The van der Waals surface area contributed by atoms with Crippen molar-refractivity contribution in [2.24, 2.45) is 0 Å². The van der Waals surface area contributed by atoms with Crippen molar-refractivity contribution in [3.8, 4) is 16.9 Å².